The smallest absolute Gasteiger partial charge is 0.253 e. The number of nitrogens with zero attached hydrogens (tertiary/aromatic N) is 1. The molecule has 0 unspecified atom stereocenters. The Morgan fingerprint density at radius 1 is 1.28 bits per heavy atom. The zero-order valence-electron chi connectivity index (χ0n) is 9.81. The maximum Gasteiger partial charge on any atom is 0.253 e. The second-order valence-corrected chi connectivity index (χ2v) is 3.95. The molecule has 90 valence electrons. The van der Waals surface area contributed by atoms with Gasteiger partial charge in [0.15, 0.2) is 0 Å². The van der Waals surface area contributed by atoms with Crippen molar-refractivity contribution in [2.45, 2.75) is 6.42 Å². The summed E-state index contributed by atoms with van der Waals surface area (Å²) in [5.41, 5.74) is 6.76. The predicted molar refractivity (Wildman–Crippen MR) is 70.9 cm³/mol. The normalized spacial score (nSPS) is 9.94. The minimum absolute atomic E-state index is 0.242. The Morgan fingerprint density at radius 2 is 1.94 bits per heavy atom. The summed E-state index contributed by atoms with van der Waals surface area (Å²) in [6.45, 7) is 0.335. The fraction of sp³-hybridized carbons (Fsp3) is 0.143. The van der Waals surface area contributed by atoms with Crippen LogP contribution in [0.2, 0.25) is 0 Å². The van der Waals surface area contributed by atoms with E-state index in [1.807, 2.05) is 30.3 Å². The summed E-state index contributed by atoms with van der Waals surface area (Å²) < 4.78 is 0. The highest BCUT2D eigenvalue weighted by molar-refractivity contribution is 6.03. The number of fused-ring (bicyclic) bond motifs is 1. The third kappa shape index (κ3) is 2.41. The van der Waals surface area contributed by atoms with E-state index in [9.17, 15) is 4.79 Å². The first-order valence-electron chi connectivity index (χ1n) is 5.66. The van der Waals surface area contributed by atoms with Gasteiger partial charge in [-0.25, -0.2) is 0 Å². The number of nitrogens with one attached hydrogen (secondary N) is 1. The molecule has 2 aromatic rings. The number of nitrogen functional groups attached to an aromatic ring is 1. The van der Waals surface area contributed by atoms with Crippen LogP contribution in [0.3, 0.4) is 0 Å². The number of carbonyl (C=O) groups excluding carboxylic acids is 1. The Hall–Kier alpha value is -2.54. The van der Waals surface area contributed by atoms with Crippen LogP contribution < -0.4 is 11.1 Å². The number of amides is 1. The zero-order valence-corrected chi connectivity index (χ0v) is 9.81. The van der Waals surface area contributed by atoms with Gasteiger partial charge in [0.1, 0.15) is 0 Å². The maximum absolute atomic E-state index is 11.9. The van der Waals surface area contributed by atoms with Gasteiger partial charge in [0.25, 0.3) is 5.91 Å². The molecule has 0 atom stereocenters. The monoisotopic (exact) mass is 239 g/mol. The molecular weight excluding hydrogens is 226 g/mol. The van der Waals surface area contributed by atoms with Crippen LogP contribution in [-0.4, -0.2) is 12.5 Å². The van der Waals surface area contributed by atoms with Crippen molar-refractivity contribution >= 4 is 22.4 Å². The van der Waals surface area contributed by atoms with Crippen molar-refractivity contribution in [3.8, 4) is 6.07 Å². The van der Waals surface area contributed by atoms with Crippen LogP contribution in [0.1, 0.15) is 16.8 Å². The number of rotatable bonds is 3. The molecule has 0 aliphatic heterocycles. The summed E-state index contributed by atoms with van der Waals surface area (Å²) in [4.78, 5) is 11.9. The van der Waals surface area contributed by atoms with E-state index in [0.717, 1.165) is 10.8 Å². The van der Waals surface area contributed by atoms with Crippen molar-refractivity contribution in [3.63, 3.8) is 0 Å². The molecule has 0 saturated carbocycles. The van der Waals surface area contributed by atoms with Crippen LogP contribution >= 0.6 is 0 Å². The first kappa shape index (κ1) is 11.9. The van der Waals surface area contributed by atoms with E-state index in [1.165, 1.54) is 0 Å². The van der Waals surface area contributed by atoms with Gasteiger partial charge in [-0.3, -0.25) is 4.79 Å². The van der Waals surface area contributed by atoms with Gasteiger partial charge in [0.2, 0.25) is 0 Å². The summed E-state index contributed by atoms with van der Waals surface area (Å²) in [5, 5.41) is 13.1. The van der Waals surface area contributed by atoms with Crippen LogP contribution in [0.25, 0.3) is 10.8 Å². The van der Waals surface area contributed by atoms with Gasteiger partial charge >= 0.3 is 0 Å². The van der Waals surface area contributed by atoms with Crippen molar-refractivity contribution in [2.75, 3.05) is 12.3 Å². The summed E-state index contributed by atoms with van der Waals surface area (Å²) in [6, 6.07) is 13.2. The molecule has 0 heterocycles. The highest BCUT2D eigenvalue weighted by atomic mass is 16.1. The zero-order chi connectivity index (χ0) is 13.0. The van der Waals surface area contributed by atoms with Gasteiger partial charge in [-0.05, 0) is 22.9 Å². The lowest BCUT2D eigenvalue weighted by Crippen LogP contribution is -2.25. The fourth-order valence-corrected chi connectivity index (χ4v) is 1.78. The third-order valence-corrected chi connectivity index (χ3v) is 2.68. The van der Waals surface area contributed by atoms with Crippen molar-refractivity contribution in [1.29, 1.82) is 5.26 Å². The van der Waals surface area contributed by atoms with Gasteiger partial charge in [-0.1, -0.05) is 24.3 Å². The molecule has 4 nitrogen and oxygen atoms in total. The van der Waals surface area contributed by atoms with Gasteiger partial charge < -0.3 is 11.1 Å². The summed E-state index contributed by atoms with van der Waals surface area (Å²) in [5.74, 6) is -0.242. The topological polar surface area (TPSA) is 78.9 Å². The number of carbonyl (C=O) groups is 1. The number of anilines is 1. The number of nitriles is 1. The molecule has 4 heteroatoms. The van der Waals surface area contributed by atoms with E-state index in [1.54, 1.807) is 12.1 Å². The first-order chi connectivity index (χ1) is 8.72. The molecule has 0 radical (unpaired) electrons. The van der Waals surface area contributed by atoms with Crippen molar-refractivity contribution in [1.82, 2.24) is 5.32 Å². The Balaban J connectivity index is 2.30. The Labute approximate surface area is 105 Å². The quantitative estimate of drug-likeness (QED) is 0.635. The second kappa shape index (κ2) is 5.19. The van der Waals surface area contributed by atoms with Crippen LogP contribution in [-0.2, 0) is 0 Å². The Kier molecular flexibility index (Phi) is 3.44. The average molecular weight is 239 g/mol. The molecule has 0 aliphatic rings. The molecule has 1 amide bonds. The van der Waals surface area contributed by atoms with Crippen LogP contribution in [0.4, 0.5) is 5.69 Å². The number of benzene rings is 2. The SMILES string of the molecule is N#CCCNC(=O)c1cc2ccccc2cc1N. The summed E-state index contributed by atoms with van der Waals surface area (Å²) in [7, 11) is 0. The predicted octanol–water partition coefficient (Wildman–Crippen LogP) is 2.07. The second-order valence-electron chi connectivity index (χ2n) is 3.95. The number of hydrogen-bond donors (Lipinski definition) is 2. The van der Waals surface area contributed by atoms with E-state index in [0.29, 0.717) is 24.2 Å². The van der Waals surface area contributed by atoms with Crippen molar-refractivity contribution in [2.24, 2.45) is 0 Å². The molecule has 2 rings (SSSR count). The van der Waals surface area contributed by atoms with Gasteiger partial charge in [-0.2, -0.15) is 5.26 Å². The standard InChI is InChI=1S/C14H13N3O/c15-6-3-7-17-14(18)12-8-10-4-1-2-5-11(10)9-13(12)16/h1-2,4-5,8-9H,3,7,16H2,(H,17,18). The molecule has 0 bridgehead atoms. The molecule has 2 aromatic carbocycles. The van der Waals surface area contributed by atoms with Gasteiger partial charge in [0, 0.05) is 12.2 Å². The molecule has 0 spiro atoms. The van der Waals surface area contributed by atoms with E-state index >= 15 is 0 Å². The van der Waals surface area contributed by atoms with Crippen molar-refractivity contribution in [3.05, 3.63) is 42.0 Å². The minimum atomic E-state index is -0.242. The highest BCUT2D eigenvalue weighted by Gasteiger charge is 2.10. The van der Waals surface area contributed by atoms with E-state index in [2.05, 4.69) is 5.32 Å². The molecule has 0 fully saturated rings. The Bertz CT molecular complexity index is 628. The third-order valence-electron chi connectivity index (χ3n) is 2.68. The number of nitrogens with two attached hydrogens (primary N) is 1. The van der Waals surface area contributed by atoms with Gasteiger partial charge in [0.05, 0.1) is 18.1 Å². The summed E-state index contributed by atoms with van der Waals surface area (Å²) in [6.07, 6.45) is 0.291. The van der Waals surface area contributed by atoms with E-state index < -0.39 is 0 Å². The molecular formula is C14H13N3O. The van der Waals surface area contributed by atoms with Crippen molar-refractivity contribution < 1.29 is 4.79 Å². The highest BCUT2D eigenvalue weighted by Crippen LogP contribution is 2.21. The van der Waals surface area contributed by atoms with E-state index in [-0.39, 0.29) is 5.91 Å². The molecule has 0 aromatic heterocycles. The molecule has 18 heavy (non-hydrogen) atoms. The summed E-state index contributed by atoms with van der Waals surface area (Å²) >= 11 is 0. The average Bonchev–Trinajstić information content (AvgIpc) is 2.38. The molecule has 0 saturated heterocycles. The lowest BCUT2D eigenvalue weighted by Gasteiger charge is -2.08. The van der Waals surface area contributed by atoms with Crippen LogP contribution in [0.5, 0.6) is 0 Å². The van der Waals surface area contributed by atoms with E-state index in [4.69, 9.17) is 11.0 Å². The maximum atomic E-state index is 11.9. The van der Waals surface area contributed by atoms with Crippen LogP contribution in [0.15, 0.2) is 36.4 Å². The lowest BCUT2D eigenvalue weighted by atomic mass is 10.0. The Morgan fingerprint density at radius 3 is 2.61 bits per heavy atom. The molecule has 0 aliphatic carbocycles. The minimum Gasteiger partial charge on any atom is -0.398 e. The first-order valence-corrected chi connectivity index (χ1v) is 5.66. The number of hydrogen-bond acceptors (Lipinski definition) is 3. The fourth-order valence-electron chi connectivity index (χ4n) is 1.78. The van der Waals surface area contributed by atoms with Gasteiger partial charge in [-0.15, -0.1) is 0 Å². The lowest BCUT2D eigenvalue weighted by molar-refractivity contribution is 0.0955. The van der Waals surface area contributed by atoms with Crippen LogP contribution in [0, 0.1) is 11.3 Å². The largest absolute Gasteiger partial charge is 0.398 e. The molecule has 3 N–H and O–H groups in total.